The summed E-state index contributed by atoms with van der Waals surface area (Å²) in [6.07, 6.45) is 3.62. The Morgan fingerprint density at radius 1 is 1.15 bits per heavy atom. The van der Waals surface area contributed by atoms with Gasteiger partial charge >= 0.3 is 0 Å². The van der Waals surface area contributed by atoms with Crippen molar-refractivity contribution in [2.45, 2.75) is 58.9 Å². The molecule has 0 aromatic heterocycles. The maximum Gasteiger partial charge on any atom is 0.0912 e. The molecule has 0 unspecified atom stereocenters. The molecular weight excluding hydrogens is 330 g/mol. The molecule has 27 heavy (non-hydrogen) atoms. The molecule has 0 spiro atoms. The van der Waals surface area contributed by atoms with Crippen molar-refractivity contribution in [3.05, 3.63) is 48.2 Å². The fraction of sp³-hybridized carbons (Fsp3) is 0.625. The molecule has 0 amide bonds. The van der Waals surface area contributed by atoms with Crippen LogP contribution in [0.1, 0.15) is 58.4 Å². The summed E-state index contributed by atoms with van der Waals surface area (Å²) in [4.78, 5) is 4.67. The number of benzene rings is 1. The predicted molar refractivity (Wildman–Crippen MR) is 117 cm³/mol. The molecule has 0 radical (unpaired) electrons. The van der Waals surface area contributed by atoms with Gasteiger partial charge in [0.25, 0.3) is 0 Å². The molecule has 1 aromatic rings. The largest absolute Gasteiger partial charge is 0.374 e. The van der Waals surface area contributed by atoms with Gasteiger partial charge < -0.3 is 9.80 Å². The smallest absolute Gasteiger partial charge is 0.0912 e. The lowest BCUT2D eigenvalue weighted by Gasteiger charge is -2.38. The number of rotatable bonds is 12. The molecule has 0 fully saturated rings. The maximum atomic E-state index is 9.76. The summed E-state index contributed by atoms with van der Waals surface area (Å²) in [6, 6.07) is 12.7. The number of likely N-dealkylation sites (N-methyl/N-ethyl adjacent to an activating group) is 1. The molecule has 0 saturated heterocycles. The highest BCUT2D eigenvalue weighted by Crippen LogP contribution is 2.30. The highest BCUT2D eigenvalue weighted by Gasteiger charge is 2.28. The summed E-state index contributed by atoms with van der Waals surface area (Å²) < 4.78 is 0. The lowest BCUT2D eigenvalue weighted by atomic mass is 9.86. The first kappa shape index (κ1) is 23.2. The molecule has 3 heteroatoms. The highest BCUT2D eigenvalue weighted by atomic mass is 15.1. The van der Waals surface area contributed by atoms with E-state index in [4.69, 9.17) is 0 Å². The van der Waals surface area contributed by atoms with E-state index >= 15 is 0 Å². The second kappa shape index (κ2) is 11.8. The van der Waals surface area contributed by atoms with Crippen LogP contribution in [0, 0.1) is 23.2 Å². The fourth-order valence-corrected chi connectivity index (χ4v) is 3.76. The van der Waals surface area contributed by atoms with Gasteiger partial charge in [-0.25, -0.2) is 0 Å². The Hall–Kier alpha value is -1.79. The predicted octanol–water partition coefficient (Wildman–Crippen LogP) is 5.52. The third kappa shape index (κ3) is 6.70. The van der Waals surface area contributed by atoms with E-state index in [1.54, 1.807) is 0 Å². The summed E-state index contributed by atoms with van der Waals surface area (Å²) >= 11 is 0. The second-order valence-corrected chi connectivity index (χ2v) is 7.93. The van der Waals surface area contributed by atoms with Gasteiger partial charge in [0.05, 0.1) is 12.0 Å². The topological polar surface area (TPSA) is 30.3 Å². The minimum Gasteiger partial charge on any atom is -0.374 e. The zero-order valence-electron chi connectivity index (χ0n) is 18.3. The number of unbranched alkanes of at least 4 members (excludes halogenated alkanes) is 1. The molecule has 150 valence electrons. The number of allylic oxidation sites excluding steroid dienone is 1. The van der Waals surface area contributed by atoms with E-state index in [-0.39, 0.29) is 12.0 Å². The number of nitrogens with zero attached hydrogens (tertiary/aromatic N) is 3. The third-order valence-corrected chi connectivity index (χ3v) is 6.04. The standard InChI is InChI=1S/C24H39N3/c1-8-10-16-26(6)18-22(9-2)19(3)20(4)27(7)21(5)24(17-25)23-14-12-11-13-15-23/h11-15,19,21-22,24H,4,8-10,16,18H2,1-3,5-7H3/t19-,21+,22-,24+/m0/s1. The van der Waals surface area contributed by atoms with Crippen LogP contribution < -0.4 is 0 Å². The fourth-order valence-electron chi connectivity index (χ4n) is 3.76. The van der Waals surface area contributed by atoms with E-state index in [1.807, 2.05) is 30.3 Å². The average Bonchev–Trinajstić information content (AvgIpc) is 2.70. The minimum absolute atomic E-state index is 0.0858. The first-order valence-corrected chi connectivity index (χ1v) is 10.4. The van der Waals surface area contributed by atoms with Gasteiger partial charge in [-0.1, -0.05) is 70.5 Å². The summed E-state index contributed by atoms with van der Waals surface area (Å²) in [5, 5.41) is 9.76. The Morgan fingerprint density at radius 3 is 2.30 bits per heavy atom. The van der Waals surface area contributed by atoms with Crippen molar-refractivity contribution in [3.63, 3.8) is 0 Å². The van der Waals surface area contributed by atoms with Gasteiger partial charge in [-0.2, -0.15) is 5.26 Å². The van der Waals surface area contributed by atoms with Crippen LogP contribution in [0.2, 0.25) is 0 Å². The SMILES string of the molecule is C=C([C@H](C)[C@@H](CC)CN(C)CCCC)N(C)[C@H](C)[C@@H](C#N)c1ccccc1. The normalized spacial score (nSPS) is 15.6. The first-order valence-electron chi connectivity index (χ1n) is 10.4. The van der Waals surface area contributed by atoms with Crippen LogP contribution in [0.15, 0.2) is 42.6 Å². The van der Waals surface area contributed by atoms with Crippen molar-refractivity contribution in [1.82, 2.24) is 9.80 Å². The van der Waals surface area contributed by atoms with E-state index in [9.17, 15) is 5.26 Å². The Kier molecular flexibility index (Phi) is 10.2. The van der Waals surface area contributed by atoms with Crippen molar-refractivity contribution in [1.29, 1.82) is 5.26 Å². The van der Waals surface area contributed by atoms with Crippen molar-refractivity contribution >= 4 is 0 Å². The molecule has 1 aromatic carbocycles. The Morgan fingerprint density at radius 2 is 1.78 bits per heavy atom. The van der Waals surface area contributed by atoms with Crippen LogP contribution in [-0.4, -0.2) is 43.0 Å². The molecule has 0 heterocycles. The molecule has 0 aliphatic rings. The van der Waals surface area contributed by atoms with Gasteiger partial charge in [0.15, 0.2) is 0 Å². The van der Waals surface area contributed by atoms with Crippen molar-refractivity contribution in [3.8, 4) is 6.07 Å². The molecule has 3 nitrogen and oxygen atoms in total. The lowest BCUT2D eigenvalue weighted by Crippen LogP contribution is -2.38. The van der Waals surface area contributed by atoms with Crippen LogP contribution in [0.4, 0.5) is 0 Å². The summed E-state index contributed by atoms with van der Waals surface area (Å²) in [7, 11) is 4.31. The van der Waals surface area contributed by atoms with Crippen LogP contribution in [-0.2, 0) is 0 Å². The van der Waals surface area contributed by atoms with E-state index in [2.05, 4.69) is 64.2 Å². The van der Waals surface area contributed by atoms with Crippen LogP contribution in [0.5, 0.6) is 0 Å². The van der Waals surface area contributed by atoms with Crippen LogP contribution >= 0.6 is 0 Å². The van der Waals surface area contributed by atoms with E-state index in [0.29, 0.717) is 11.8 Å². The maximum absolute atomic E-state index is 9.76. The molecule has 1 rings (SSSR count). The minimum atomic E-state index is -0.160. The second-order valence-electron chi connectivity index (χ2n) is 7.93. The van der Waals surface area contributed by atoms with Crippen LogP contribution in [0.3, 0.4) is 0 Å². The average molecular weight is 370 g/mol. The highest BCUT2D eigenvalue weighted by molar-refractivity contribution is 5.27. The van der Waals surface area contributed by atoms with Crippen molar-refractivity contribution < 1.29 is 0 Å². The third-order valence-electron chi connectivity index (χ3n) is 6.04. The van der Waals surface area contributed by atoms with Crippen molar-refractivity contribution in [2.24, 2.45) is 11.8 Å². The first-order chi connectivity index (χ1) is 12.9. The van der Waals surface area contributed by atoms with Crippen LogP contribution in [0.25, 0.3) is 0 Å². The zero-order valence-corrected chi connectivity index (χ0v) is 18.3. The molecule has 0 saturated carbocycles. The number of hydrogen-bond donors (Lipinski definition) is 0. The van der Waals surface area contributed by atoms with Gasteiger partial charge in [0, 0.05) is 25.3 Å². The van der Waals surface area contributed by atoms with E-state index < -0.39 is 0 Å². The lowest BCUT2D eigenvalue weighted by molar-refractivity contribution is 0.198. The molecule has 0 aliphatic carbocycles. The van der Waals surface area contributed by atoms with E-state index in [0.717, 1.165) is 30.8 Å². The quantitative estimate of drug-likeness (QED) is 0.486. The Labute approximate surface area is 167 Å². The van der Waals surface area contributed by atoms with Gasteiger partial charge in [-0.3, -0.25) is 0 Å². The number of hydrogen-bond acceptors (Lipinski definition) is 3. The Bertz CT molecular complexity index is 589. The van der Waals surface area contributed by atoms with Gasteiger partial charge in [0.2, 0.25) is 0 Å². The van der Waals surface area contributed by atoms with Gasteiger partial charge in [-0.15, -0.1) is 0 Å². The van der Waals surface area contributed by atoms with E-state index in [1.165, 1.54) is 12.8 Å². The summed E-state index contributed by atoms with van der Waals surface area (Å²) in [5.41, 5.74) is 2.21. The molecule has 0 bridgehead atoms. The Balaban J connectivity index is 2.80. The molecular formula is C24H39N3. The summed E-state index contributed by atoms with van der Waals surface area (Å²) in [5.74, 6) is 0.806. The molecule has 4 atom stereocenters. The number of nitriles is 1. The van der Waals surface area contributed by atoms with Crippen molar-refractivity contribution in [2.75, 3.05) is 27.2 Å². The molecule has 0 aliphatic heterocycles. The summed E-state index contributed by atoms with van der Waals surface area (Å²) in [6.45, 7) is 15.6. The van der Waals surface area contributed by atoms with Gasteiger partial charge in [-0.05, 0) is 44.3 Å². The van der Waals surface area contributed by atoms with Gasteiger partial charge in [0.1, 0.15) is 0 Å². The molecule has 0 N–H and O–H groups in total. The monoisotopic (exact) mass is 369 g/mol. The zero-order chi connectivity index (χ0) is 20.4.